The summed E-state index contributed by atoms with van der Waals surface area (Å²) in [6, 6.07) is 0.610. The molecular formula is C14H24N4S. The Morgan fingerprint density at radius 1 is 1.37 bits per heavy atom. The van der Waals surface area contributed by atoms with Crippen LogP contribution < -0.4 is 10.6 Å². The molecule has 1 heterocycles. The van der Waals surface area contributed by atoms with Crippen molar-refractivity contribution in [3.8, 4) is 0 Å². The average Bonchev–Trinajstić information content (AvgIpc) is 2.98. The molecular weight excluding hydrogens is 256 g/mol. The smallest absolute Gasteiger partial charge is 0.191 e. The number of hydrogen-bond acceptors (Lipinski definition) is 3. The molecule has 0 atom stereocenters. The van der Waals surface area contributed by atoms with Gasteiger partial charge in [-0.05, 0) is 26.7 Å². The van der Waals surface area contributed by atoms with Crippen molar-refractivity contribution >= 4 is 17.3 Å². The third-order valence-electron chi connectivity index (χ3n) is 3.56. The lowest BCUT2D eigenvalue weighted by Crippen LogP contribution is -2.42. The molecule has 0 aromatic carbocycles. The van der Waals surface area contributed by atoms with Crippen LogP contribution in [0.5, 0.6) is 0 Å². The third-order valence-corrected chi connectivity index (χ3v) is 4.70. The Balaban J connectivity index is 1.75. The first-order valence-corrected chi connectivity index (χ1v) is 7.91. The second-order valence-corrected chi connectivity index (χ2v) is 6.40. The van der Waals surface area contributed by atoms with Gasteiger partial charge in [-0.2, -0.15) is 0 Å². The molecule has 0 amide bonds. The first-order valence-electron chi connectivity index (χ1n) is 7.09. The van der Waals surface area contributed by atoms with Gasteiger partial charge in [-0.25, -0.2) is 4.98 Å². The fourth-order valence-corrected chi connectivity index (χ4v) is 3.49. The van der Waals surface area contributed by atoms with Gasteiger partial charge in [0.25, 0.3) is 0 Å². The largest absolute Gasteiger partial charge is 0.356 e. The Morgan fingerprint density at radius 2 is 2.11 bits per heavy atom. The number of nitrogens with zero attached hydrogens (tertiary/aromatic N) is 2. The minimum atomic E-state index is 0.610. The molecule has 0 spiro atoms. The van der Waals surface area contributed by atoms with Gasteiger partial charge in [0.05, 0.1) is 10.7 Å². The van der Waals surface area contributed by atoms with E-state index in [0.717, 1.165) is 23.9 Å². The molecule has 1 fully saturated rings. The molecule has 0 unspecified atom stereocenters. The van der Waals surface area contributed by atoms with E-state index >= 15 is 0 Å². The minimum absolute atomic E-state index is 0.610. The van der Waals surface area contributed by atoms with Crippen molar-refractivity contribution in [2.45, 2.75) is 52.0 Å². The molecule has 0 saturated heterocycles. The summed E-state index contributed by atoms with van der Waals surface area (Å²) in [5.74, 6) is 0.936. The fourth-order valence-electron chi connectivity index (χ4n) is 2.56. The molecule has 1 saturated carbocycles. The van der Waals surface area contributed by atoms with Crippen LogP contribution in [0.2, 0.25) is 0 Å². The molecule has 1 aromatic rings. The van der Waals surface area contributed by atoms with Gasteiger partial charge in [-0.1, -0.05) is 12.8 Å². The fraction of sp³-hybridized carbons (Fsp3) is 0.714. The van der Waals surface area contributed by atoms with Gasteiger partial charge < -0.3 is 10.6 Å². The molecule has 1 aliphatic carbocycles. The Hall–Kier alpha value is -1.10. The van der Waals surface area contributed by atoms with Crippen LogP contribution in [0.4, 0.5) is 0 Å². The zero-order chi connectivity index (χ0) is 13.7. The SMILES string of the molecule is CN=C(NCCc1sc(C)nc1C)NC1CCCC1. The van der Waals surface area contributed by atoms with E-state index in [1.807, 2.05) is 7.05 Å². The van der Waals surface area contributed by atoms with Crippen molar-refractivity contribution in [2.24, 2.45) is 4.99 Å². The van der Waals surface area contributed by atoms with E-state index in [1.54, 1.807) is 11.3 Å². The van der Waals surface area contributed by atoms with Gasteiger partial charge in [-0.15, -0.1) is 11.3 Å². The number of thiazole rings is 1. The van der Waals surface area contributed by atoms with E-state index in [0.29, 0.717) is 6.04 Å². The molecule has 5 heteroatoms. The molecule has 1 aromatic heterocycles. The number of rotatable bonds is 4. The van der Waals surface area contributed by atoms with Crippen molar-refractivity contribution < 1.29 is 0 Å². The van der Waals surface area contributed by atoms with Crippen molar-refractivity contribution in [3.63, 3.8) is 0 Å². The molecule has 0 bridgehead atoms. The van der Waals surface area contributed by atoms with Crippen LogP contribution in [0.15, 0.2) is 4.99 Å². The maximum atomic E-state index is 4.46. The maximum absolute atomic E-state index is 4.46. The summed E-state index contributed by atoms with van der Waals surface area (Å²) in [5, 5.41) is 8.05. The van der Waals surface area contributed by atoms with Crippen molar-refractivity contribution in [1.82, 2.24) is 15.6 Å². The topological polar surface area (TPSA) is 49.3 Å². The highest BCUT2D eigenvalue weighted by Gasteiger charge is 2.15. The number of aromatic nitrogens is 1. The van der Waals surface area contributed by atoms with Gasteiger partial charge >= 0.3 is 0 Å². The standard InChI is InChI=1S/C14H24N4S/c1-10-13(19-11(2)17-10)8-9-16-14(15-3)18-12-6-4-5-7-12/h12H,4-9H2,1-3H3,(H2,15,16,18). The summed E-state index contributed by atoms with van der Waals surface area (Å²) in [6.07, 6.45) is 6.24. The van der Waals surface area contributed by atoms with Crippen molar-refractivity contribution in [1.29, 1.82) is 0 Å². The quantitative estimate of drug-likeness (QED) is 0.658. The van der Waals surface area contributed by atoms with Crippen LogP contribution in [0, 0.1) is 13.8 Å². The normalized spacial score (nSPS) is 16.9. The summed E-state index contributed by atoms with van der Waals surface area (Å²) >= 11 is 1.80. The van der Waals surface area contributed by atoms with E-state index in [-0.39, 0.29) is 0 Å². The Bertz CT molecular complexity index is 433. The lowest BCUT2D eigenvalue weighted by Gasteiger charge is -2.16. The minimum Gasteiger partial charge on any atom is -0.356 e. The summed E-state index contributed by atoms with van der Waals surface area (Å²) in [7, 11) is 1.84. The molecule has 2 N–H and O–H groups in total. The zero-order valence-corrected chi connectivity index (χ0v) is 12.9. The van der Waals surface area contributed by atoms with Crippen LogP contribution in [-0.4, -0.2) is 30.6 Å². The van der Waals surface area contributed by atoms with Gasteiger partial charge in [0.15, 0.2) is 5.96 Å². The monoisotopic (exact) mass is 280 g/mol. The Morgan fingerprint density at radius 3 is 2.68 bits per heavy atom. The van der Waals surface area contributed by atoms with Crippen LogP contribution in [0.1, 0.15) is 41.3 Å². The average molecular weight is 280 g/mol. The summed E-state index contributed by atoms with van der Waals surface area (Å²) in [6.45, 7) is 5.06. The zero-order valence-electron chi connectivity index (χ0n) is 12.1. The van der Waals surface area contributed by atoms with Gasteiger partial charge in [-0.3, -0.25) is 4.99 Å². The lowest BCUT2D eigenvalue weighted by molar-refractivity contribution is 0.613. The number of nitrogens with one attached hydrogen (secondary N) is 2. The van der Waals surface area contributed by atoms with Gasteiger partial charge in [0, 0.05) is 30.9 Å². The van der Waals surface area contributed by atoms with E-state index in [9.17, 15) is 0 Å². The Labute approximate surface area is 119 Å². The molecule has 2 rings (SSSR count). The van der Waals surface area contributed by atoms with E-state index in [2.05, 4.69) is 34.5 Å². The highest BCUT2D eigenvalue weighted by atomic mass is 32.1. The summed E-state index contributed by atoms with van der Waals surface area (Å²) < 4.78 is 0. The highest BCUT2D eigenvalue weighted by Crippen LogP contribution is 2.18. The first-order chi connectivity index (χ1) is 9.19. The molecule has 0 aliphatic heterocycles. The van der Waals surface area contributed by atoms with Crippen molar-refractivity contribution in [3.05, 3.63) is 15.6 Å². The van der Waals surface area contributed by atoms with Crippen LogP contribution in [0.25, 0.3) is 0 Å². The lowest BCUT2D eigenvalue weighted by atomic mass is 10.2. The van der Waals surface area contributed by atoms with Crippen LogP contribution in [0.3, 0.4) is 0 Å². The molecule has 4 nitrogen and oxygen atoms in total. The predicted octanol–water partition coefficient (Wildman–Crippen LogP) is 2.41. The van der Waals surface area contributed by atoms with Crippen LogP contribution >= 0.6 is 11.3 Å². The van der Waals surface area contributed by atoms with Gasteiger partial charge in [0.2, 0.25) is 0 Å². The molecule has 106 valence electrons. The Kier molecular flexibility index (Phi) is 5.19. The number of guanidine groups is 1. The second kappa shape index (κ2) is 6.89. The van der Waals surface area contributed by atoms with Crippen molar-refractivity contribution in [2.75, 3.05) is 13.6 Å². The van der Waals surface area contributed by atoms with E-state index in [4.69, 9.17) is 0 Å². The summed E-state index contributed by atoms with van der Waals surface area (Å²) in [4.78, 5) is 10.1. The maximum Gasteiger partial charge on any atom is 0.191 e. The number of hydrogen-bond donors (Lipinski definition) is 2. The predicted molar refractivity (Wildman–Crippen MR) is 82.0 cm³/mol. The van der Waals surface area contributed by atoms with Gasteiger partial charge in [0.1, 0.15) is 0 Å². The van der Waals surface area contributed by atoms with E-state index < -0.39 is 0 Å². The number of aryl methyl sites for hydroxylation is 2. The second-order valence-electron chi connectivity index (χ2n) is 5.12. The first kappa shape index (κ1) is 14.3. The molecule has 1 aliphatic rings. The third kappa shape index (κ3) is 4.20. The molecule has 0 radical (unpaired) electrons. The highest BCUT2D eigenvalue weighted by molar-refractivity contribution is 7.11. The molecule has 19 heavy (non-hydrogen) atoms. The number of aliphatic imine (C=N–C) groups is 1. The van der Waals surface area contributed by atoms with E-state index in [1.165, 1.54) is 36.3 Å². The summed E-state index contributed by atoms with van der Waals surface area (Å²) in [5.41, 5.74) is 1.17. The van der Waals surface area contributed by atoms with Crippen LogP contribution in [-0.2, 0) is 6.42 Å².